The van der Waals surface area contributed by atoms with Crippen LogP contribution in [0, 0.1) is 17.5 Å². The molecule has 2 amide bonds. The van der Waals surface area contributed by atoms with Crippen LogP contribution in [0.3, 0.4) is 0 Å². The molecule has 5 rings (SSSR count). The Morgan fingerprint density at radius 2 is 1.59 bits per heavy atom. The Labute approximate surface area is 209 Å². The lowest BCUT2D eigenvalue weighted by molar-refractivity contribution is 0.103. The Bertz CT molecular complexity index is 1490. The predicted octanol–water partition coefficient (Wildman–Crippen LogP) is 4.33. The first-order chi connectivity index (χ1) is 17.9. The highest BCUT2D eigenvalue weighted by molar-refractivity contribution is 6.11. The molecule has 0 atom stereocenters. The van der Waals surface area contributed by atoms with E-state index in [-0.39, 0.29) is 16.9 Å². The molecule has 1 saturated heterocycles. The van der Waals surface area contributed by atoms with Gasteiger partial charge in [0.15, 0.2) is 17.4 Å². The molecule has 0 unspecified atom stereocenters. The van der Waals surface area contributed by atoms with Crippen molar-refractivity contribution in [2.24, 2.45) is 0 Å². The van der Waals surface area contributed by atoms with Crippen molar-refractivity contribution in [1.82, 2.24) is 15.3 Å². The average Bonchev–Trinajstić information content (AvgIpc) is 2.91. The number of fused-ring (bicyclic) bond motifs is 1. The van der Waals surface area contributed by atoms with Crippen molar-refractivity contribution in [2.45, 2.75) is 0 Å². The largest absolute Gasteiger partial charge is 0.353 e. The van der Waals surface area contributed by atoms with Crippen molar-refractivity contribution in [1.29, 1.82) is 0 Å². The molecule has 4 aromatic rings. The van der Waals surface area contributed by atoms with Gasteiger partial charge in [0.1, 0.15) is 11.6 Å². The summed E-state index contributed by atoms with van der Waals surface area (Å²) in [5, 5.41) is 8.06. The summed E-state index contributed by atoms with van der Waals surface area (Å²) in [6.45, 7) is 3.15. The minimum absolute atomic E-state index is 0.0884. The smallest absolute Gasteiger partial charge is 0.323 e. The van der Waals surface area contributed by atoms with Crippen LogP contribution in [0.4, 0.5) is 35.2 Å². The molecule has 37 heavy (non-hydrogen) atoms. The Hall–Kier alpha value is -4.51. The quantitative estimate of drug-likeness (QED) is 0.349. The number of benzene rings is 3. The van der Waals surface area contributed by atoms with E-state index in [1.807, 2.05) is 0 Å². The van der Waals surface area contributed by atoms with E-state index in [0.717, 1.165) is 50.4 Å². The van der Waals surface area contributed by atoms with Crippen LogP contribution in [0.1, 0.15) is 15.9 Å². The number of amides is 2. The van der Waals surface area contributed by atoms with E-state index in [9.17, 15) is 22.8 Å². The first-order valence-corrected chi connectivity index (χ1v) is 11.5. The van der Waals surface area contributed by atoms with Gasteiger partial charge < -0.3 is 20.9 Å². The number of carbonyl (C=O) groups is 2. The monoisotopic (exact) mass is 506 g/mol. The minimum atomic E-state index is -1.34. The van der Waals surface area contributed by atoms with Gasteiger partial charge in [-0.3, -0.25) is 9.78 Å². The normalized spacial score (nSPS) is 13.4. The maximum Gasteiger partial charge on any atom is 0.323 e. The number of hydrogen-bond acceptors (Lipinski definition) is 6. The van der Waals surface area contributed by atoms with E-state index >= 15 is 0 Å². The summed E-state index contributed by atoms with van der Waals surface area (Å²) in [5.74, 6) is -3.24. The fourth-order valence-electron chi connectivity index (χ4n) is 4.00. The molecule has 1 aromatic heterocycles. The van der Waals surface area contributed by atoms with E-state index in [4.69, 9.17) is 0 Å². The van der Waals surface area contributed by atoms with Crippen molar-refractivity contribution in [3.8, 4) is 0 Å². The number of carbonyl (C=O) groups excluding carboxylic acids is 2. The second-order valence-corrected chi connectivity index (χ2v) is 8.40. The molecule has 2 heterocycles. The van der Waals surface area contributed by atoms with Crippen LogP contribution < -0.4 is 20.9 Å². The SMILES string of the molecule is O=C(Nc1ccc(F)cc1)Nc1cc(F)c(F)c(C(=O)c2ccc3ncc(N4CCNCC4)nc3c2)c1. The molecule has 0 saturated carbocycles. The van der Waals surface area contributed by atoms with Crippen molar-refractivity contribution in [2.75, 3.05) is 41.7 Å². The Morgan fingerprint density at radius 1 is 0.865 bits per heavy atom. The van der Waals surface area contributed by atoms with E-state index in [1.165, 1.54) is 24.3 Å². The highest BCUT2D eigenvalue weighted by Gasteiger charge is 2.21. The number of anilines is 3. The van der Waals surface area contributed by atoms with Crippen molar-refractivity contribution in [3.05, 3.63) is 89.4 Å². The topological polar surface area (TPSA) is 99.2 Å². The van der Waals surface area contributed by atoms with Gasteiger partial charge in [-0.25, -0.2) is 22.9 Å². The number of halogens is 3. The van der Waals surface area contributed by atoms with Crippen molar-refractivity contribution in [3.63, 3.8) is 0 Å². The van der Waals surface area contributed by atoms with Crippen molar-refractivity contribution >= 4 is 40.0 Å². The van der Waals surface area contributed by atoms with Crippen LogP contribution in [0.25, 0.3) is 11.0 Å². The van der Waals surface area contributed by atoms with Gasteiger partial charge >= 0.3 is 6.03 Å². The van der Waals surface area contributed by atoms with Gasteiger partial charge in [0, 0.05) is 49.2 Å². The van der Waals surface area contributed by atoms with E-state index in [2.05, 4.69) is 30.8 Å². The number of aromatic nitrogens is 2. The molecule has 1 fully saturated rings. The summed E-state index contributed by atoms with van der Waals surface area (Å²) >= 11 is 0. The second-order valence-electron chi connectivity index (χ2n) is 8.40. The average molecular weight is 506 g/mol. The second kappa shape index (κ2) is 10.2. The number of piperazine rings is 1. The van der Waals surface area contributed by atoms with Crippen LogP contribution in [0.5, 0.6) is 0 Å². The summed E-state index contributed by atoms with van der Waals surface area (Å²) in [7, 11) is 0. The fraction of sp³-hybridized carbons (Fsp3) is 0.154. The zero-order valence-electron chi connectivity index (χ0n) is 19.4. The lowest BCUT2D eigenvalue weighted by Gasteiger charge is -2.28. The van der Waals surface area contributed by atoms with Gasteiger partial charge in [-0.2, -0.15) is 0 Å². The summed E-state index contributed by atoms with van der Waals surface area (Å²) in [4.78, 5) is 36.5. The van der Waals surface area contributed by atoms with Gasteiger partial charge in [0.2, 0.25) is 0 Å². The van der Waals surface area contributed by atoms with Crippen LogP contribution in [0.2, 0.25) is 0 Å². The summed E-state index contributed by atoms with van der Waals surface area (Å²) < 4.78 is 42.1. The van der Waals surface area contributed by atoms with Crippen LogP contribution >= 0.6 is 0 Å². The van der Waals surface area contributed by atoms with Crippen LogP contribution in [-0.4, -0.2) is 48.0 Å². The summed E-state index contributed by atoms with van der Waals surface area (Å²) in [5.41, 5.74) is 0.678. The van der Waals surface area contributed by atoms with E-state index in [1.54, 1.807) is 12.3 Å². The lowest BCUT2D eigenvalue weighted by atomic mass is 10.0. The van der Waals surface area contributed by atoms with Crippen LogP contribution in [-0.2, 0) is 0 Å². The third-order valence-corrected chi connectivity index (χ3v) is 5.87. The molecule has 1 aliphatic heterocycles. The summed E-state index contributed by atoms with van der Waals surface area (Å²) in [6, 6.07) is 10.6. The van der Waals surface area contributed by atoms with Gasteiger partial charge in [-0.1, -0.05) is 0 Å². The Balaban J connectivity index is 1.39. The number of nitrogens with zero attached hydrogens (tertiary/aromatic N) is 3. The highest BCUT2D eigenvalue weighted by atomic mass is 19.2. The standard InChI is InChI=1S/C26H21F3N6O2/c27-16-2-4-17(5-3-16)32-26(37)33-18-12-19(24(29)20(28)13-18)25(36)15-1-6-21-22(11-15)34-23(14-31-21)35-9-7-30-8-10-35/h1-6,11-14,30H,7-10H2,(H2,32,33,37). The first-order valence-electron chi connectivity index (χ1n) is 11.5. The molecule has 0 bridgehead atoms. The molecule has 0 radical (unpaired) electrons. The Morgan fingerprint density at radius 3 is 2.35 bits per heavy atom. The predicted molar refractivity (Wildman–Crippen MR) is 133 cm³/mol. The molecule has 8 nitrogen and oxygen atoms in total. The lowest BCUT2D eigenvalue weighted by Crippen LogP contribution is -2.43. The van der Waals surface area contributed by atoms with Gasteiger partial charge in [0.05, 0.1) is 22.8 Å². The van der Waals surface area contributed by atoms with Gasteiger partial charge in [-0.15, -0.1) is 0 Å². The molecule has 11 heteroatoms. The number of urea groups is 1. The van der Waals surface area contributed by atoms with Crippen molar-refractivity contribution < 1.29 is 22.8 Å². The van der Waals surface area contributed by atoms with E-state index < -0.39 is 34.8 Å². The third kappa shape index (κ3) is 5.36. The van der Waals surface area contributed by atoms with Gasteiger partial charge in [-0.05, 0) is 48.5 Å². The molecular weight excluding hydrogens is 485 g/mol. The maximum absolute atomic E-state index is 14.7. The molecule has 188 valence electrons. The molecule has 0 aliphatic carbocycles. The van der Waals surface area contributed by atoms with E-state index in [0.29, 0.717) is 16.9 Å². The highest BCUT2D eigenvalue weighted by Crippen LogP contribution is 2.24. The van der Waals surface area contributed by atoms with Gasteiger partial charge in [0.25, 0.3) is 0 Å². The summed E-state index contributed by atoms with van der Waals surface area (Å²) in [6.07, 6.45) is 1.66. The number of hydrogen-bond donors (Lipinski definition) is 3. The zero-order valence-corrected chi connectivity index (χ0v) is 19.4. The molecule has 1 aliphatic rings. The number of ketones is 1. The number of rotatable bonds is 5. The molecule has 3 N–H and O–H groups in total. The minimum Gasteiger partial charge on any atom is -0.353 e. The molecular formula is C26H21F3N6O2. The third-order valence-electron chi connectivity index (χ3n) is 5.87. The maximum atomic E-state index is 14.7. The Kier molecular flexibility index (Phi) is 6.69. The first kappa shape index (κ1) is 24.2. The number of nitrogens with one attached hydrogen (secondary N) is 3. The zero-order chi connectivity index (χ0) is 25.9. The van der Waals surface area contributed by atoms with Crippen LogP contribution in [0.15, 0.2) is 60.8 Å². The molecule has 0 spiro atoms. The fourth-order valence-corrected chi connectivity index (χ4v) is 4.00. The molecule has 3 aromatic carbocycles.